The van der Waals surface area contributed by atoms with Crippen molar-refractivity contribution in [3.05, 3.63) is 30.3 Å². The van der Waals surface area contributed by atoms with Crippen molar-refractivity contribution >= 4 is 7.12 Å². The molecule has 1 aromatic rings. The molecule has 0 fully saturated rings. The van der Waals surface area contributed by atoms with Crippen LogP contribution in [0.1, 0.15) is 12.8 Å². The average Bonchev–Trinajstić information content (AvgIpc) is 2.18. The molecule has 0 bridgehead atoms. The van der Waals surface area contributed by atoms with Gasteiger partial charge in [-0.3, -0.25) is 0 Å². The number of ether oxygens (including phenoxy) is 1. The van der Waals surface area contributed by atoms with Crippen LogP contribution < -0.4 is 4.74 Å². The molecule has 76 valence electrons. The minimum atomic E-state index is -1.19. The Morgan fingerprint density at radius 3 is 2.43 bits per heavy atom. The van der Waals surface area contributed by atoms with E-state index in [1.807, 2.05) is 30.3 Å². The maximum atomic E-state index is 8.58. The normalized spacial score (nSPS) is 9.86. The van der Waals surface area contributed by atoms with Gasteiger partial charge in [0.1, 0.15) is 5.75 Å². The molecule has 4 heteroatoms. The molecule has 0 aliphatic carbocycles. The van der Waals surface area contributed by atoms with E-state index in [2.05, 4.69) is 0 Å². The van der Waals surface area contributed by atoms with Gasteiger partial charge >= 0.3 is 7.12 Å². The van der Waals surface area contributed by atoms with Gasteiger partial charge in [-0.25, -0.2) is 0 Å². The van der Waals surface area contributed by atoms with Crippen molar-refractivity contribution in [1.29, 1.82) is 0 Å². The molecular formula is C10H15BO3. The summed E-state index contributed by atoms with van der Waals surface area (Å²) in [5.74, 6) is 0.858. The maximum Gasteiger partial charge on any atom is 0.451 e. The molecule has 0 saturated heterocycles. The lowest BCUT2D eigenvalue weighted by atomic mass is 9.84. The Morgan fingerprint density at radius 2 is 1.79 bits per heavy atom. The molecule has 0 unspecified atom stereocenters. The number of para-hydroxylation sites is 1. The van der Waals surface area contributed by atoms with Crippen LogP contribution in [0.3, 0.4) is 0 Å². The van der Waals surface area contributed by atoms with E-state index in [0.717, 1.165) is 18.6 Å². The minimum Gasteiger partial charge on any atom is -0.494 e. The van der Waals surface area contributed by atoms with Crippen LogP contribution >= 0.6 is 0 Å². The van der Waals surface area contributed by atoms with Gasteiger partial charge in [0.2, 0.25) is 0 Å². The molecule has 0 heterocycles. The molecule has 0 spiro atoms. The molecule has 14 heavy (non-hydrogen) atoms. The first-order valence-electron chi connectivity index (χ1n) is 4.83. The fraction of sp³-hybridized carbons (Fsp3) is 0.400. The fourth-order valence-electron chi connectivity index (χ4n) is 1.14. The second kappa shape index (κ2) is 6.46. The van der Waals surface area contributed by atoms with Crippen LogP contribution in [0.5, 0.6) is 5.75 Å². The molecule has 1 aromatic carbocycles. The van der Waals surface area contributed by atoms with Gasteiger partial charge in [0, 0.05) is 0 Å². The zero-order valence-corrected chi connectivity index (χ0v) is 8.10. The third-order valence-corrected chi connectivity index (χ3v) is 1.87. The zero-order valence-electron chi connectivity index (χ0n) is 8.10. The standard InChI is InChI=1S/C10H15BO3/c12-11(13)8-4-5-9-14-10-6-2-1-3-7-10/h1-3,6-7,12-13H,4-5,8-9H2. The molecular weight excluding hydrogens is 179 g/mol. The Kier molecular flexibility index (Phi) is 5.11. The Morgan fingerprint density at radius 1 is 1.07 bits per heavy atom. The van der Waals surface area contributed by atoms with Gasteiger partial charge in [-0.2, -0.15) is 0 Å². The zero-order chi connectivity index (χ0) is 10.2. The summed E-state index contributed by atoms with van der Waals surface area (Å²) < 4.78 is 5.42. The van der Waals surface area contributed by atoms with E-state index in [9.17, 15) is 0 Å². The van der Waals surface area contributed by atoms with Crippen LogP contribution in [0.4, 0.5) is 0 Å². The molecule has 0 aliphatic rings. The van der Waals surface area contributed by atoms with Crippen LogP contribution in [-0.4, -0.2) is 23.8 Å². The first-order valence-corrected chi connectivity index (χ1v) is 4.83. The Hall–Kier alpha value is -0.995. The van der Waals surface area contributed by atoms with E-state index in [0.29, 0.717) is 12.9 Å². The molecule has 0 saturated carbocycles. The summed E-state index contributed by atoms with van der Waals surface area (Å²) in [7, 11) is -1.19. The largest absolute Gasteiger partial charge is 0.494 e. The molecule has 0 aliphatic heterocycles. The van der Waals surface area contributed by atoms with Gasteiger partial charge in [-0.05, 0) is 24.9 Å². The lowest BCUT2D eigenvalue weighted by molar-refractivity contribution is 0.306. The minimum absolute atomic E-state index is 0.415. The van der Waals surface area contributed by atoms with Crippen LogP contribution in [0.25, 0.3) is 0 Å². The fourth-order valence-corrected chi connectivity index (χ4v) is 1.14. The van der Waals surface area contributed by atoms with Gasteiger partial charge in [0.25, 0.3) is 0 Å². The SMILES string of the molecule is OB(O)CCCCOc1ccccc1. The van der Waals surface area contributed by atoms with Gasteiger partial charge in [-0.1, -0.05) is 24.6 Å². The molecule has 0 radical (unpaired) electrons. The predicted octanol–water partition coefficient (Wildman–Crippen LogP) is 1.32. The van der Waals surface area contributed by atoms with E-state index in [-0.39, 0.29) is 0 Å². The second-order valence-electron chi connectivity index (χ2n) is 3.14. The van der Waals surface area contributed by atoms with Crippen LogP contribution in [-0.2, 0) is 0 Å². The molecule has 3 nitrogen and oxygen atoms in total. The molecule has 2 N–H and O–H groups in total. The van der Waals surface area contributed by atoms with Crippen molar-refractivity contribution < 1.29 is 14.8 Å². The summed E-state index contributed by atoms with van der Waals surface area (Å²) in [5.41, 5.74) is 0. The van der Waals surface area contributed by atoms with Gasteiger partial charge in [0.05, 0.1) is 6.61 Å². The van der Waals surface area contributed by atoms with Crippen LogP contribution in [0.15, 0.2) is 30.3 Å². The maximum absolute atomic E-state index is 8.58. The molecule has 0 aromatic heterocycles. The highest BCUT2D eigenvalue weighted by molar-refractivity contribution is 6.40. The quantitative estimate of drug-likeness (QED) is 0.530. The topological polar surface area (TPSA) is 49.7 Å². The Balaban J connectivity index is 2.05. The van der Waals surface area contributed by atoms with Crippen molar-refractivity contribution in [2.75, 3.05) is 6.61 Å². The highest BCUT2D eigenvalue weighted by Crippen LogP contribution is 2.09. The summed E-state index contributed by atoms with van der Waals surface area (Å²) in [5, 5.41) is 17.2. The van der Waals surface area contributed by atoms with Crippen molar-refractivity contribution in [2.45, 2.75) is 19.2 Å². The summed E-state index contributed by atoms with van der Waals surface area (Å²) in [6.45, 7) is 0.622. The summed E-state index contributed by atoms with van der Waals surface area (Å²) in [4.78, 5) is 0. The predicted molar refractivity (Wildman–Crippen MR) is 56.2 cm³/mol. The van der Waals surface area contributed by atoms with Crippen LogP contribution in [0.2, 0.25) is 6.32 Å². The lowest BCUT2D eigenvalue weighted by Gasteiger charge is -2.04. The number of unbranched alkanes of at least 4 members (excludes halogenated alkanes) is 1. The van der Waals surface area contributed by atoms with E-state index < -0.39 is 7.12 Å². The van der Waals surface area contributed by atoms with Gasteiger partial charge in [-0.15, -0.1) is 0 Å². The lowest BCUT2D eigenvalue weighted by Crippen LogP contribution is -2.10. The summed E-state index contributed by atoms with van der Waals surface area (Å²) in [6, 6.07) is 9.59. The summed E-state index contributed by atoms with van der Waals surface area (Å²) >= 11 is 0. The van der Waals surface area contributed by atoms with E-state index >= 15 is 0 Å². The first-order chi connectivity index (χ1) is 6.79. The van der Waals surface area contributed by atoms with E-state index in [4.69, 9.17) is 14.8 Å². The average molecular weight is 194 g/mol. The van der Waals surface area contributed by atoms with Crippen LogP contribution in [0, 0.1) is 0 Å². The van der Waals surface area contributed by atoms with E-state index in [1.54, 1.807) is 0 Å². The third kappa shape index (κ3) is 4.89. The number of benzene rings is 1. The monoisotopic (exact) mass is 194 g/mol. The smallest absolute Gasteiger partial charge is 0.451 e. The van der Waals surface area contributed by atoms with Crippen molar-refractivity contribution in [3.8, 4) is 5.75 Å². The highest BCUT2D eigenvalue weighted by Gasteiger charge is 2.04. The molecule has 0 amide bonds. The van der Waals surface area contributed by atoms with Crippen molar-refractivity contribution in [2.24, 2.45) is 0 Å². The molecule has 0 atom stereocenters. The first kappa shape index (κ1) is 11.1. The highest BCUT2D eigenvalue weighted by atomic mass is 16.5. The van der Waals surface area contributed by atoms with E-state index in [1.165, 1.54) is 0 Å². The van der Waals surface area contributed by atoms with Gasteiger partial charge in [0.15, 0.2) is 0 Å². The van der Waals surface area contributed by atoms with Gasteiger partial charge < -0.3 is 14.8 Å². The van der Waals surface area contributed by atoms with Crippen molar-refractivity contribution in [3.63, 3.8) is 0 Å². The number of hydrogen-bond acceptors (Lipinski definition) is 3. The molecule has 1 rings (SSSR count). The Labute approximate surface area is 84.5 Å². The third-order valence-electron chi connectivity index (χ3n) is 1.87. The second-order valence-corrected chi connectivity index (χ2v) is 3.14. The van der Waals surface area contributed by atoms with Crippen molar-refractivity contribution in [1.82, 2.24) is 0 Å². The summed E-state index contributed by atoms with van der Waals surface area (Å²) in [6.07, 6.45) is 2.02. The number of hydrogen-bond donors (Lipinski definition) is 2. The number of rotatable bonds is 6. The Bertz CT molecular complexity index is 238.